The number of hydrogen-bond donors (Lipinski definition) is 1. The van der Waals surface area contributed by atoms with Crippen LogP contribution in [0.2, 0.25) is 0 Å². The first-order valence-corrected chi connectivity index (χ1v) is 9.39. The predicted molar refractivity (Wildman–Crippen MR) is 112 cm³/mol. The Morgan fingerprint density at radius 3 is 2.47 bits per heavy atom. The number of carboxylic acids is 1. The Labute approximate surface area is 172 Å². The minimum absolute atomic E-state index is 0.0955. The molecule has 0 saturated heterocycles. The second kappa shape index (κ2) is 7.95. The molecule has 5 heteroatoms. The molecule has 150 valence electrons. The van der Waals surface area contributed by atoms with Crippen molar-refractivity contribution < 1.29 is 23.4 Å². The van der Waals surface area contributed by atoms with E-state index in [0.717, 1.165) is 11.6 Å². The van der Waals surface area contributed by atoms with Crippen molar-refractivity contribution in [2.24, 2.45) is 0 Å². The number of fused-ring (bicyclic) bond motifs is 1. The highest BCUT2D eigenvalue weighted by atomic mass is 19.2. The molecule has 0 aliphatic heterocycles. The molecule has 0 aromatic heterocycles. The first kappa shape index (κ1) is 19.6. The van der Waals surface area contributed by atoms with Gasteiger partial charge in [0.25, 0.3) is 0 Å². The third-order valence-electron chi connectivity index (χ3n) is 5.02. The highest BCUT2D eigenvalue weighted by molar-refractivity contribution is 6.07. The van der Waals surface area contributed by atoms with E-state index in [0.29, 0.717) is 33.8 Å². The Kier molecular flexibility index (Phi) is 5.19. The van der Waals surface area contributed by atoms with Gasteiger partial charge >= 0.3 is 5.97 Å². The Balaban J connectivity index is 1.78. The van der Waals surface area contributed by atoms with Crippen molar-refractivity contribution in [3.63, 3.8) is 0 Å². The fraction of sp³-hybridized carbons (Fsp3) is 0.0800. The summed E-state index contributed by atoms with van der Waals surface area (Å²) < 4.78 is 34.5. The van der Waals surface area contributed by atoms with Crippen molar-refractivity contribution in [3.8, 4) is 11.5 Å². The Morgan fingerprint density at radius 2 is 1.73 bits per heavy atom. The normalized spacial score (nSPS) is 14.2. The van der Waals surface area contributed by atoms with Gasteiger partial charge in [-0.15, -0.1) is 0 Å². The maximum Gasteiger partial charge on any atom is 0.307 e. The molecule has 3 aromatic carbocycles. The topological polar surface area (TPSA) is 46.5 Å². The highest BCUT2D eigenvalue weighted by Gasteiger charge is 2.29. The first-order chi connectivity index (χ1) is 14.4. The minimum atomic E-state index is -1.03. The molecular weight excluding hydrogens is 386 g/mol. The fourth-order valence-corrected chi connectivity index (χ4v) is 3.64. The van der Waals surface area contributed by atoms with E-state index in [1.165, 1.54) is 6.07 Å². The van der Waals surface area contributed by atoms with E-state index in [4.69, 9.17) is 4.74 Å². The van der Waals surface area contributed by atoms with Crippen molar-refractivity contribution in [2.75, 3.05) is 0 Å². The molecule has 0 atom stereocenters. The first-order valence-electron chi connectivity index (χ1n) is 9.39. The van der Waals surface area contributed by atoms with Crippen LogP contribution >= 0.6 is 0 Å². The van der Waals surface area contributed by atoms with Crippen LogP contribution in [0.1, 0.15) is 30.0 Å². The van der Waals surface area contributed by atoms with E-state index < -0.39 is 17.6 Å². The molecule has 3 nitrogen and oxygen atoms in total. The quantitative estimate of drug-likeness (QED) is 0.524. The summed E-state index contributed by atoms with van der Waals surface area (Å²) in [5.41, 5.74) is 2.81. The summed E-state index contributed by atoms with van der Waals surface area (Å²) in [6, 6.07) is 19.0. The summed E-state index contributed by atoms with van der Waals surface area (Å²) in [6.07, 6.45) is 1.46. The molecule has 4 rings (SSSR count). The molecule has 1 aliphatic carbocycles. The van der Waals surface area contributed by atoms with E-state index in [2.05, 4.69) is 0 Å². The van der Waals surface area contributed by atoms with Crippen LogP contribution in [-0.2, 0) is 4.79 Å². The average Bonchev–Trinajstić information content (AvgIpc) is 2.97. The molecule has 0 amide bonds. The molecule has 30 heavy (non-hydrogen) atoms. The summed E-state index contributed by atoms with van der Waals surface area (Å²) in [4.78, 5) is 11.3. The third kappa shape index (κ3) is 3.74. The fourth-order valence-electron chi connectivity index (χ4n) is 3.64. The van der Waals surface area contributed by atoms with Gasteiger partial charge in [-0.1, -0.05) is 36.4 Å². The summed E-state index contributed by atoms with van der Waals surface area (Å²) >= 11 is 0. The predicted octanol–water partition coefficient (Wildman–Crippen LogP) is 6.56. The van der Waals surface area contributed by atoms with E-state index in [9.17, 15) is 18.7 Å². The zero-order chi connectivity index (χ0) is 21.3. The number of carbonyl (C=O) groups is 1. The van der Waals surface area contributed by atoms with Crippen molar-refractivity contribution in [3.05, 3.63) is 101 Å². The van der Waals surface area contributed by atoms with Crippen LogP contribution in [0.5, 0.6) is 11.5 Å². The van der Waals surface area contributed by atoms with Gasteiger partial charge in [0.15, 0.2) is 11.6 Å². The number of rotatable bonds is 5. The number of hydrogen-bond acceptors (Lipinski definition) is 2. The maximum atomic E-state index is 14.7. The van der Waals surface area contributed by atoms with Crippen LogP contribution in [0.15, 0.2) is 72.3 Å². The van der Waals surface area contributed by atoms with Crippen LogP contribution in [0.3, 0.4) is 0 Å². The Bertz CT molecular complexity index is 1190. The summed E-state index contributed by atoms with van der Waals surface area (Å²) in [5, 5.41) is 9.26. The zero-order valence-electron chi connectivity index (χ0n) is 16.2. The van der Waals surface area contributed by atoms with Crippen molar-refractivity contribution in [1.29, 1.82) is 0 Å². The number of halogens is 2. The molecule has 0 bridgehead atoms. The van der Waals surface area contributed by atoms with E-state index >= 15 is 0 Å². The number of ether oxygens (including phenoxy) is 1. The molecule has 3 aromatic rings. The summed E-state index contributed by atoms with van der Waals surface area (Å²) in [7, 11) is 0. The van der Waals surface area contributed by atoms with E-state index in [-0.39, 0.29) is 12.0 Å². The van der Waals surface area contributed by atoms with Gasteiger partial charge in [0, 0.05) is 5.56 Å². The maximum absolute atomic E-state index is 14.7. The molecule has 0 fully saturated rings. The number of carboxylic acid groups (broad SMARTS) is 1. The van der Waals surface area contributed by atoms with Gasteiger partial charge in [0.1, 0.15) is 11.5 Å². The van der Waals surface area contributed by atoms with Gasteiger partial charge in [0.05, 0.1) is 6.42 Å². The van der Waals surface area contributed by atoms with Crippen LogP contribution in [-0.4, -0.2) is 11.1 Å². The average molecular weight is 404 g/mol. The summed E-state index contributed by atoms with van der Waals surface area (Å²) in [6.45, 7) is 1.73. The molecule has 0 unspecified atom stereocenters. The molecule has 0 radical (unpaired) electrons. The van der Waals surface area contributed by atoms with Crippen molar-refractivity contribution >= 4 is 23.2 Å². The zero-order valence-corrected chi connectivity index (χ0v) is 16.2. The van der Waals surface area contributed by atoms with Crippen LogP contribution in [0.25, 0.3) is 17.2 Å². The third-order valence-corrected chi connectivity index (χ3v) is 5.02. The van der Waals surface area contributed by atoms with Crippen LogP contribution in [0, 0.1) is 11.6 Å². The lowest BCUT2D eigenvalue weighted by Crippen LogP contribution is -1.98. The molecular formula is C25H18F2O3. The number of aliphatic carboxylic acids is 1. The van der Waals surface area contributed by atoms with Crippen LogP contribution in [0.4, 0.5) is 8.78 Å². The largest absolute Gasteiger partial charge is 0.481 e. The molecule has 1 N–H and O–H groups in total. The molecule has 0 heterocycles. The monoisotopic (exact) mass is 404 g/mol. The second-order valence-corrected chi connectivity index (χ2v) is 7.00. The SMILES string of the molecule is CC1=C(CC(=O)O)c2ccc(F)c(F)c2/C1=C/c1cccc(Oc2ccccc2)c1. The molecule has 0 spiro atoms. The lowest BCUT2D eigenvalue weighted by Gasteiger charge is -2.08. The molecule has 0 saturated carbocycles. The summed E-state index contributed by atoms with van der Waals surface area (Å²) in [5.74, 6) is -1.69. The Hall–Kier alpha value is -3.73. The standard InChI is InChI=1S/C25H18F2O3/c1-15-20(14-23(28)29)19-10-11-22(26)25(27)24(19)21(15)13-16-6-5-9-18(12-16)30-17-7-3-2-4-8-17/h2-13H,14H2,1H3,(H,28,29)/b21-13+. The van der Waals surface area contributed by atoms with E-state index in [1.807, 2.05) is 36.4 Å². The van der Waals surface area contributed by atoms with Crippen molar-refractivity contribution in [1.82, 2.24) is 0 Å². The number of allylic oxidation sites excluding steroid dienone is 2. The van der Waals surface area contributed by atoms with Crippen molar-refractivity contribution in [2.45, 2.75) is 13.3 Å². The van der Waals surface area contributed by atoms with Gasteiger partial charge in [-0.25, -0.2) is 8.78 Å². The molecule has 1 aliphatic rings. The van der Waals surface area contributed by atoms with Gasteiger partial charge in [-0.2, -0.15) is 0 Å². The highest BCUT2D eigenvalue weighted by Crippen LogP contribution is 2.45. The lowest BCUT2D eigenvalue weighted by molar-refractivity contribution is -0.135. The number of para-hydroxylation sites is 1. The van der Waals surface area contributed by atoms with Crippen LogP contribution < -0.4 is 4.74 Å². The smallest absolute Gasteiger partial charge is 0.307 e. The van der Waals surface area contributed by atoms with Gasteiger partial charge in [0.2, 0.25) is 0 Å². The lowest BCUT2D eigenvalue weighted by atomic mass is 9.99. The minimum Gasteiger partial charge on any atom is -0.481 e. The number of benzene rings is 3. The van der Waals surface area contributed by atoms with Gasteiger partial charge in [-0.05, 0) is 71.2 Å². The Morgan fingerprint density at radius 1 is 1.00 bits per heavy atom. The van der Waals surface area contributed by atoms with Gasteiger partial charge in [-0.3, -0.25) is 4.79 Å². The van der Waals surface area contributed by atoms with Gasteiger partial charge < -0.3 is 9.84 Å². The second-order valence-electron chi connectivity index (χ2n) is 7.00. The van der Waals surface area contributed by atoms with E-state index in [1.54, 1.807) is 31.2 Å².